The van der Waals surface area contributed by atoms with E-state index in [1.165, 1.54) is 71.2 Å². The summed E-state index contributed by atoms with van der Waals surface area (Å²) in [4.78, 5) is 0. The van der Waals surface area contributed by atoms with Crippen LogP contribution in [0.3, 0.4) is 0 Å². The Kier molecular flexibility index (Phi) is 4.93. The van der Waals surface area contributed by atoms with Gasteiger partial charge in [0.15, 0.2) is 0 Å². The van der Waals surface area contributed by atoms with E-state index in [2.05, 4.69) is 167 Å². The zero-order chi connectivity index (χ0) is 27.6. The minimum Gasteiger partial charge on any atom is -0.309 e. The third-order valence-electron chi connectivity index (χ3n) is 8.66. The van der Waals surface area contributed by atoms with Crippen LogP contribution in [0.15, 0.2) is 158 Å². The van der Waals surface area contributed by atoms with E-state index < -0.39 is 0 Å². The first kappa shape index (κ1) is 23.1. The molecule has 0 amide bonds. The molecule has 0 radical (unpaired) electrons. The van der Waals surface area contributed by atoms with Crippen LogP contribution in [-0.2, 0) is 0 Å². The van der Waals surface area contributed by atoms with E-state index in [0.29, 0.717) is 0 Å². The molecule has 9 aromatic rings. The van der Waals surface area contributed by atoms with E-state index in [0.717, 1.165) is 5.69 Å². The summed E-state index contributed by atoms with van der Waals surface area (Å²) in [6, 6.07) is 57.1. The average molecular weight is 535 g/mol. The number of fused-ring (bicyclic) bond motifs is 10. The fraction of sp³-hybridized carbons (Fsp3) is 0. The Balaban J connectivity index is 1.55. The lowest BCUT2D eigenvalue weighted by Gasteiger charge is -2.13. The summed E-state index contributed by atoms with van der Waals surface area (Å²) in [5.41, 5.74) is 9.68. The highest BCUT2D eigenvalue weighted by Gasteiger charge is 2.24. The molecule has 9 rings (SSSR count). The van der Waals surface area contributed by atoms with Gasteiger partial charge in [-0.05, 0) is 52.9 Å². The molecule has 7 aromatic carbocycles. The highest BCUT2D eigenvalue weighted by Crippen LogP contribution is 2.46. The van der Waals surface area contributed by atoms with Gasteiger partial charge < -0.3 is 9.13 Å². The summed E-state index contributed by atoms with van der Waals surface area (Å²) in [7, 11) is 0. The van der Waals surface area contributed by atoms with Gasteiger partial charge in [0, 0.05) is 38.3 Å². The Morgan fingerprint density at radius 1 is 0.310 bits per heavy atom. The van der Waals surface area contributed by atoms with E-state index in [1.54, 1.807) is 0 Å². The maximum absolute atomic E-state index is 2.49. The molecule has 196 valence electrons. The molecule has 0 N–H and O–H groups in total. The minimum atomic E-state index is 1.16. The Morgan fingerprint density at radius 2 is 0.810 bits per heavy atom. The van der Waals surface area contributed by atoms with Gasteiger partial charge in [0.1, 0.15) is 0 Å². The molecule has 0 bridgehead atoms. The third kappa shape index (κ3) is 3.21. The largest absolute Gasteiger partial charge is 0.309 e. The number of hydrogen-bond donors (Lipinski definition) is 0. The van der Waals surface area contributed by atoms with Gasteiger partial charge in [-0.1, -0.05) is 121 Å². The van der Waals surface area contributed by atoms with Crippen molar-refractivity contribution in [3.63, 3.8) is 0 Å². The topological polar surface area (TPSA) is 9.86 Å². The van der Waals surface area contributed by atoms with Gasteiger partial charge in [-0.25, -0.2) is 0 Å². The first-order valence-corrected chi connectivity index (χ1v) is 14.5. The van der Waals surface area contributed by atoms with Crippen LogP contribution in [0.1, 0.15) is 0 Å². The van der Waals surface area contributed by atoms with Crippen molar-refractivity contribution in [3.05, 3.63) is 158 Å². The van der Waals surface area contributed by atoms with Crippen LogP contribution in [0, 0.1) is 0 Å². The maximum atomic E-state index is 2.49. The quantitative estimate of drug-likeness (QED) is 0.213. The van der Waals surface area contributed by atoms with Gasteiger partial charge in [-0.3, -0.25) is 0 Å². The predicted molar refractivity (Wildman–Crippen MR) is 178 cm³/mol. The second-order valence-corrected chi connectivity index (χ2v) is 10.9. The zero-order valence-corrected chi connectivity index (χ0v) is 22.9. The van der Waals surface area contributed by atoms with Crippen LogP contribution in [0.25, 0.3) is 76.9 Å². The summed E-state index contributed by atoms with van der Waals surface area (Å²) in [5, 5.41) is 7.65. The molecular formula is C40H26N2. The van der Waals surface area contributed by atoms with Gasteiger partial charge in [0.2, 0.25) is 0 Å². The van der Waals surface area contributed by atoms with Gasteiger partial charge in [-0.15, -0.1) is 0 Å². The highest BCUT2D eigenvalue weighted by atomic mass is 15.0. The molecule has 0 atom stereocenters. The van der Waals surface area contributed by atoms with Gasteiger partial charge in [-0.2, -0.15) is 0 Å². The van der Waals surface area contributed by atoms with Crippen molar-refractivity contribution in [1.82, 2.24) is 9.13 Å². The highest BCUT2D eigenvalue weighted by molar-refractivity contribution is 6.36. The number of hydrogen-bond acceptors (Lipinski definition) is 0. The normalized spacial score (nSPS) is 11.8. The molecule has 2 aromatic heterocycles. The van der Waals surface area contributed by atoms with Gasteiger partial charge in [0.25, 0.3) is 0 Å². The summed E-state index contributed by atoms with van der Waals surface area (Å²) < 4.78 is 4.95. The molecule has 0 fully saturated rings. The van der Waals surface area contributed by atoms with Crippen molar-refractivity contribution in [2.75, 3.05) is 0 Å². The second kappa shape index (κ2) is 8.95. The van der Waals surface area contributed by atoms with Crippen molar-refractivity contribution >= 4 is 54.4 Å². The van der Waals surface area contributed by atoms with Crippen LogP contribution >= 0.6 is 0 Å². The first-order valence-electron chi connectivity index (χ1n) is 14.5. The fourth-order valence-electron chi connectivity index (χ4n) is 6.96. The Bertz CT molecular complexity index is 2440. The van der Waals surface area contributed by atoms with Crippen molar-refractivity contribution in [2.24, 2.45) is 0 Å². The smallest absolute Gasteiger partial charge is 0.0647 e. The molecule has 2 heteroatoms. The lowest BCUT2D eigenvalue weighted by Crippen LogP contribution is -1.96. The van der Waals surface area contributed by atoms with Crippen molar-refractivity contribution < 1.29 is 0 Å². The molecule has 42 heavy (non-hydrogen) atoms. The molecule has 0 aliphatic carbocycles. The maximum Gasteiger partial charge on any atom is 0.0647 e. The Labute approximate surface area is 243 Å². The summed E-state index contributed by atoms with van der Waals surface area (Å²) in [6.45, 7) is 0. The molecule has 0 saturated heterocycles. The average Bonchev–Trinajstić information content (AvgIpc) is 3.60. The number of para-hydroxylation sites is 3. The van der Waals surface area contributed by atoms with Crippen molar-refractivity contribution in [3.8, 4) is 22.5 Å². The summed E-state index contributed by atoms with van der Waals surface area (Å²) >= 11 is 0. The van der Waals surface area contributed by atoms with E-state index >= 15 is 0 Å². The standard InChI is InChI=1S/C40H26N2/c1-3-14-27(15-4-1)28-16-13-19-30(26-28)42-35-24-11-9-22-33(35)37-31-20-7-8-21-32(31)39-38(40(37)42)34-23-10-12-25-36(34)41(39)29-17-5-2-6-18-29/h1-26H. The molecule has 0 spiro atoms. The molecule has 0 unspecified atom stereocenters. The number of benzene rings is 7. The summed E-state index contributed by atoms with van der Waals surface area (Å²) in [5.74, 6) is 0. The van der Waals surface area contributed by atoms with E-state index in [-0.39, 0.29) is 0 Å². The number of nitrogens with zero attached hydrogens (tertiary/aromatic N) is 2. The third-order valence-corrected chi connectivity index (χ3v) is 8.66. The first-order chi connectivity index (χ1) is 20.9. The number of rotatable bonds is 3. The van der Waals surface area contributed by atoms with Crippen LogP contribution in [0.4, 0.5) is 0 Å². The van der Waals surface area contributed by atoms with Crippen LogP contribution in [-0.4, -0.2) is 9.13 Å². The second-order valence-electron chi connectivity index (χ2n) is 10.9. The van der Waals surface area contributed by atoms with Gasteiger partial charge in [0.05, 0.1) is 22.1 Å². The minimum absolute atomic E-state index is 1.16. The van der Waals surface area contributed by atoms with E-state index in [1.807, 2.05) is 0 Å². The van der Waals surface area contributed by atoms with Crippen molar-refractivity contribution in [2.45, 2.75) is 0 Å². The lowest BCUT2D eigenvalue weighted by atomic mass is 9.99. The molecule has 2 heterocycles. The molecule has 0 aliphatic heterocycles. The Hall–Kier alpha value is -5.60. The fourth-order valence-corrected chi connectivity index (χ4v) is 6.96. The summed E-state index contributed by atoms with van der Waals surface area (Å²) in [6.07, 6.45) is 0. The van der Waals surface area contributed by atoms with E-state index in [4.69, 9.17) is 0 Å². The molecular weight excluding hydrogens is 508 g/mol. The van der Waals surface area contributed by atoms with Crippen LogP contribution < -0.4 is 0 Å². The molecule has 0 saturated carbocycles. The van der Waals surface area contributed by atoms with Gasteiger partial charge >= 0.3 is 0 Å². The monoisotopic (exact) mass is 534 g/mol. The molecule has 2 nitrogen and oxygen atoms in total. The SMILES string of the molecule is c1ccc(-c2cccc(-n3c4ccccc4c4c5ccccc5c5c(c6ccccc6n5-c5ccccc5)c43)c2)cc1. The van der Waals surface area contributed by atoms with Crippen LogP contribution in [0.5, 0.6) is 0 Å². The van der Waals surface area contributed by atoms with Crippen LogP contribution in [0.2, 0.25) is 0 Å². The van der Waals surface area contributed by atoms with Crippen molar-refractivity contribution in [1.29, 1.82) is 0 Å². The Morgan fingerprint density at radius 3 is 1.52 bits per heavy atom. The van der Waals surface area contributed by atoms with E-state index in [9.17, 15) is 0 Å². The number of aromatic nitrogens is 2. The zero-order valence-electron chi connectivity index (χ0n) is 22.9. The predicted octanol–water partition coefficient (Wildman–Crippen LogP) is 10.7. The lowest BCUT2D eigenvalue weighted by molar-refractivity contribution is 1.18. The molecule has 0 aliphatic rings.